The zero-order chi connectivity index (χ0) is 39.6. The van der Waals surface area contributed by atoms with Crippen molar-refractivity contribution in [2.45, 2.75) is 65.1 Å². The molecule has 5 rings (SSSR count). The molecule has 16 heteroatoms. The quantitative estimate of drug-likeness (QED) is 0.116. The number of hydrogen-bond donors (Lipinski definition) is 0. The van der Waals surface area contributed by atoms with Gasteiger partial charge in [0.2, 0.25) is 5.69 Å². The smallest absolute Gasteiger partial charge is 0.399 e. The summed E-state index contributed by atoms with van der Waals surface area (Å²) in [5.74, 6) is -3.53. The Balaban J connectivity index is 0.000000216. The molecule has 0 bridgehead atoms. The van der Waals surface area contributed by atoms with Gasteiger partial charge in [0.15, 0.2) is 5.69 Å². The van der Waals surface area contributed by atoms with Crippen LogP contribution in [0, 0.1) is 50.3 Å². The van der Waals surface area contributed by atoms with E-state index in [4.69, 9.17) is 34.1 Å². The molecule has 4 aromatic rings. The van der Waals surface area contributed by atoms with Gasteiger partial charge < -0.3 is 9.31 Å². The molecule has 4 nitrogen and oxygen atoms in total. The van der Waals surface area contributed by atoms with Crippen molar-refractivity contribution in [3.05, 3.63) is 134 Å². The molecular weight excluding hydrogens is 729 g/mol. The molecule has 0 saturated carbocycles. The van der Waals surface area contributed by atoms with Crippen molar-refractivity contribution in [2.24, 2.45) is 0 Å². The minimum atomic E-state index is -4.82. The summed E-state index contributed by atoms with van der Waals surface area (Å²) in [7, 11) is -1.00. The first-order valence-corrected chi connectivity index (χ1v) is 15.3. The van der Waals surface area contributed by atoms with Crippen molar-refractivity contribution in [1.82, 2.24) is 0 Å². The van der Waals surface area contributed by atoms with Crippen LogP contribution in [0.2, 0.25) is 5.02 Å². The van der Waals surface area contributed by atoms with Crippen LogP contribution in [-0.2, 0) is 21.7 Å². The van der Waals surface area contributed by atoms with E-state index in [0.29, 0.717) is 11.6 Å². The van der Waals surface area contributed by atoms with E-state index in [0.717, 1.165) is 36.4 Å². The number of nitrogens with zero attached hydrogens (tertiary/aromatic N) is 2. The van der Waals surface area contributed by atoms with Crippen molar-refractivity contribution in [2.75, 3.05) is 0 Å². The molecule has 1 heterocycles. The Morgan fingerprint density at radius 1 is 0.615 bits per heavy atom. The van der Waals surface area contributed by atoms with Crippen molar-refractivity contribution in [3.8, 4) is 11.1 Å². The average molecular weight is 757 g/mol. The van der Waals surface area contributed by atoms with E-state index in [1.807, 2.05) is 27.7 Å². The maximum atomic E-state index is 14.0. The largest absolute Gasteiger partial charge is 0.500 e. The Labute approximate surface area is 298 Å². The molecule has 1 fully saturated rings. The van der Waals surface area contributed by atoms with Crippen LogP contribution >= 0.6 is 11.6 Å². The topological polar surface area (TPSA) is 27.2 Å². The summed E-state index contributed by atoms with van der Waals surface area (Å²) in [5.41, 5.74) is -5.05. The number of halogens is 11. The molecule has 0 aromatic heterocycles. The molecule has 1 aliphatic rings. The van der Waals surface area contributed by atoms with E-state index in [9.17, 15) is 43.9 Å². The Bertz CT molecular complexity index is 1990. The Hall–Kier alpha value is -4.57. The average Bonchev–Trinajstić information content (AvgIpc) is 3.21. The minimum absolute atomic E-state index is 0.153. The van der Waals surface area contributed by atoms with Crippen molar-refractivity contribution >= 4 is 35.6 Å². The van der Waals surface area contributed by atoms with E-state index in [-0.39, 0.29) is 16.7 Å². The number of aryl methyl sites for hydroxylation is 2. The zero-order valence-electron chi connectivity index (χ0n) is 28.2. The van der Waals surface area contributed by atoms with Gasteiger partial charge in [-0.25, -0.2) is 27.3 Å². The first kappa shape index (κ1) is 41.9. The standard InChI is InChI=1S/C15H8F5N.C13H17BF2O2.C8H3ClF3N/c1-8-6-10(16)14(11(17)7-8)13-9(15(18,19)20)4-3-5-12(13)21-2;1-8-6-9(15)11(10(16)7-8)14-17-12(2,3)13(4,5)18-14;1-13-6-4-2-3-5(7(6)9)8(10,11)12/h3-7H,1H3;6-7H,1-5H3;2-4H. The highest BCUT2D eigenvalue weighted by atomic mass is 35.5. The van der Waals surface area contributed by atoms with Gasteiger partial charge in [-0.2, -0.15) is 26.3 Å². The summed E-state index contributed by atoms with van der Waals surface area (Å²) in [4.78, 5) is 5.80. The molecule has 0 unspecified atom stereocenters. The van der Waals surface area contributed by atoms with Gasteiger partial charge in [-0.1, -0.05) is 48.0 Å². The molecule has 52 heavy (non-hydrogen) atoms. The highest BCUT2D eigenvalue weighted by Gasteiger charge is 2.53. The van der Waals surface area contributed by atoms with Crippen LogP contribution in [0.25, 0.3) is 20.8 Å². The van der Waals surface area contributed by atoms with Crippen LogP contribution < -0.4 is 5.46 Å². The molecule has 4 aromatic carbocycles. The zero-order valence-corrected chi connectivity index (χ0v) is 29.0. The molecule has 1 aliphatic heterocycles. The van der Waals surface area contributed by atoms with E-state index in [1.165, 1.54) is 25.1 Å². The van der Waals surface area contributed by atoms with Crippen molar-refractivity contribution in [1.29, 1.82) is 0 Å². The predicted molar refractivity (Wildman–Crippen MR) is 177 cm³/mol. The van der Waals surface area contributed by atoms with Gasteiger partial charge in [0.05, 0.1) is 46.0 Å². The predicted octanol–water partition coefficient (Wildman–Crippen LogP) is 12.0. The lowest BCUT2D eigenvalue weighted by atomic mass is 9.78. The van der Waals surface area contributed by atoms with Crippen LogP contribution in [0.1, 0.15) is 49.9 Å². The summed E-state index contributed by atoms with van der Waals surface area (Å²) < 4.78 is 143. The number of hydrogen-bond acceptors (Lipinski definition) is 2. The Kier molecular flexibility index (Phi) is 12.5. The third kappa shape index (κ3) is 9.26. The summed E-state index contributed by atoms with van der Waals surface area (Å²) >= 11 is 5.36. The van der Waals surface area contributed by atoms with Gasteiger partial charge in [0, 0.05) is 11.1 Å². The van der Waals surface area contributed by atoms with Gasteiger partial charge in [0.1, 0.15) is 23.3 Å². The maximum absolute atomic E-state index is 14.0. The van der Waals surface area contributed by atoms with E-state index >= 15 is 0 Å². The van der Waals surface area contributed by atoms with Gasteiger partial charge in [-0.05, 0) is 76.9 Å². The molecule has 0 N–H and O–H groups in total. The van der Waals surface area contributed by atoms with E-state index in [1.54, 1.807) is 6.92 Å². The fraction of sp³-hybridized carbons (Fsp3) is 0.278. The summed E-state index contributed by atoms with van der Waals surface area (Å²) in [6.07, 6.45) is -9.32. The monoisotopic (exact) mass is 756 g/mol. The Morgan fingerprint density at radius 3 is 1.40 bits per heavy atom. The van der Waals surface area contributed by atoms with Crippen LogP contribution in [-0.4, -0.2) is 18.3 Å². The summed E-state index contributed by atoms with van der Waals surface area (Å²) in [6, 6.07) is 10.5. The molecule has 0 atom stereocenters. The van der Waals surface area contributed by atoms with Crippen molar-refractivity contribution in [3.63, 3.8) is 0 Å². The van der Waals surface area contributed by atoms with Crippen LogP contribution in [0.4, 0.5) is 55.3 Å². The minimum Gasteiger partial charge on any atom is -0.399 e. The molecule has 0 spiro atoms. The SMILES string of the molecule is Cc1cc(F)c(B2OC(C)(C)C(C)(C)O2)c(F)c1.[C-]#[N+]c1cccc(C(F)(F)F)c1-c1c(F)cc(C)cc1F.[C-]#[N+]c1cccc(C(F)(F)F)c1Cl. The molecule has 0 aliphatic carbocycles. The van der Waals surface area contributed by atoms with Gasteiger partial charge in [-0.15, -0.1) is 0 Å². The number of alkyl halides is 6. The molecule has 0 amide bonds. The summed E-state index contributed by atoms with van der Waals surface area (Å²) in [6.45, 7) is 23.9. The van der Waals surface area contributed by atoms with Crippen LogP contribution in [0.3, 0.4) is 0 Å². The number of rotatable bonds is 2. The van der Waals surface area contributed by atoms with Crippen molar-refractivity contribution < 1.29 is 53.2 Å². The van der Waals surface area contributed by atoms with Crippen LogP contribution in [0.15, 0.2) is 60.7 Å². The highest BCUT2D eigenvalue weighted by molar-refractivity contribution is 6.62. The fourth-order valence-electron chi connectivity index (χ4n) is 4.79. The fourth-order valence-corrected chi connectivity index (χ4v) is 5.07. The first-order valence-electron chi connectivity index (χ1n) is 14.9. The van der Waals surface area contributed by atoms with E-state index < -0.39 is 86.9 Å². The third-order valence-electron chi connectivity index (χ3n) is 8.02. The lowest BCUT2D eigenvalue weighted by molar-refractivity contribution is -0.138. The lowest BCUT2D eigenvalue weighted by Crippen LogP contribution is -2.41. The number of benzene rings is 4. The molecule has 274 valence electrons. The molecule has 1 saturated heterocycles. The molecular formula is C36H28BClF10N2O2. The Morgan fingerprint density at radius 2 is 1.00 bits per heavy atom. The normalized spacial score (nSPS) is 14.7. The highest BCUT2D eigenvalue weighted by Crippen LogP contribution is 2.44. The second kappa shape index (κ2) is 15.6. The second-order valence-electron chi connectivity index (χ2n) is 12.4. The first-order chi connectivity index (χ1) is 23.9. The van der Waals surface area contributed by atoms with Gasteiger partial charge in [-0.3, -0.25) is 0 Å². The van der Waals surface area contributed by atoms with Gasteiger partial charge >= 0.3 is 19.5 Å². The van der Waals surface area contributed by atoms with E-state index in [2.05, 4.69) is 9.69 Å². The summed E-state index contributed by atoms with van der Waals surface area (Å²) in [5, 5.41) is -0.537. The second-order valence-corrected chi connectivity index (χ2v) is 12.8. The maximum Gasteiger partial charge on any atom is 0.500 e. The van der Waals surface area contributed by atoms with Crippen LogP contribution in [0.5, 0.6) is 0 Å². The lowest BCUT2D eigenvalue weighted by Gasteiger charge is -2.32. The third-order valence-corrected chi connectivity index (χ3v) is 8.42. The van der Waals surface area contributed by atoms with Gasteiger partial charge in [0.25, 0.3) is 0 Å². The molecule has 0 radical (unpaired) electrons.